The van der Waals surface area contributed by atoms with Crippen LogP contribution < -0.4 is 11.2 Å². The number of aromatic nitrogens is 2. The first-order valence-electron chi connectivity index (χ1n) is 5.73. The summed E-state index contributed by atoms with van der Waals surface area (Å²) in [4.78, 5) is 24.7. The molecule has 0 aliphatic carbocycles. The summed E-state index contributed by atoms with van der Waals surface area (Å²) in [5.74, 6) is -1.000. The van der Waals surface area contributed by atoms with Gasteiger partial charge >= 0.3 is 5.69 Å². The van der Waals surface area contributed by atoms with Crippen molar-refractivity contribution in [2.45, 2.75) is 13.0 Å². The number of hydrogen-bond acceptors (Lipinski definition) is 2. The molecule has 1 N–H and O–H groups in total. The second-order valence-corrected chi connectivity index (χ2v) is 4.18. The molecule has 98 valence electrons. The van der Waals surface area contributed by atoms with Crippen LogP contribution in [0.4, 0.5) is 4.39 Å². The van der Waals surface area contributed by atoms with Crippen molar-refractivity contribution in [2.75, 3.05) is 0 Å². The highest BCUT2D eigenvalue weighted by atomic mass is 19.1. The zero-order valence-corrected chi connectivity index (χ0v) is 10.4. The highest BCUT2D eigenvalue weighted by Gasteiger charge is 2.15. The molecule has 0 saturated carbocycles. The average molecular weight is 260 g/mol. The summed E-state index contributed by atoms with van der Waals surface area (Å²) in [5.41, 5.74) is 0.0883. The van der Waals surface area contributed by atoms with Gasteiger partial charge in [-0.2, -0.15) is 4.39 Å². The monoisotopic (exact) mass is 260 g/mol. The second kappa shape index (κ2) is 5.06. The first-order valence-corrected chi connectivity index (χ1v) is 5.73. The van der Waals surface area contributed by atoms with Gasteiger partial charge in [-0.1, -0.05) is 30.3 Å². The van der Waals surface area contributed by atoms with Crippen molar-refractivity contribution in [3.63, 3.8) is 0 Å². The van der Waals surface area contributed by atoms with Gasteiger partial charge in [0.1, 0.15) is 0 Å². The van der Waals surface area contributed by atoms with E-state index in [0.29, 0.717) is 0 Å². The highest BCUT2D eigenvalue weighted by Crippen LogP contribution is 2.21. The maximum absolute atomic E-state index is 13.3. The summed E-state index contributed by atoms with van der Waals surface area (Å²) in [6.07, 6.45) is 2.43. The molecular weight excluding hydrogens is 247 g/mol. The minimum absolute atomic E-state index is 0.528. The number of nitrogens with zero attached hydrogens (tertiary/aromatic N) is 1. The van der Waals surface area contributed by atoms with Crippen LogP contribution in [0.5, 0.6) is 0 Å². The molecule has 2 rings (SSSR count). The number of nitrogens with one attached hydrogen (secondary N) is 1. The van der Waals surface area contributed by atoms with Gasteiger partial charge in [0, 0.05) is 0 Å². The first kappa shape index (κ1) is 13.0. The van der Waals surface area contributed by atoms with E-state index in [9.17, 15) is 14.0 Å². The number of H-pyrrole nitrogens is 1. The Morgan fingerprint density at radius 1 is 1.37 bits per heavy atom. The highest BCUT2D eigenvalue weighted by molar-refractivity contribution is 5.31. The van der Waals surface area contributed by atoms with Crippen molar-refractivity contribution in [1.82, 2.24) is 9.55 Å². The summed E-state index contributed by atoms with van der Waals surface area (Å²) in [6.45, 7) is 5.56. The fourth-order valence-electron chi connectivity index (χ4n) is 1.98. The maximum atomic E-state index is 13.3. The molecule has 1 unspecified atom stereocenters. The van der Waals surface area contributed by atoms with E-state index in [4.69, 9.17) is 0 Å². The van der Waals surface area contributed by atoms with E-state index in [1.54, 1.807) is 0 Å². The molecule has 4 nitrogen and oxygen atoms in total. The Morgan fingerprint density at radius 2 is 2.05 bits per heavy atom. The molecule has 2 aromatic rings. The Hall–Kier alpha value is -2.43. The van der Waals surface area contributed by atoms with E-state index in [2.05, 4.69) is 6.58 Å². The van der Waals surface area contributed by atoms with Crippen LogP contribution >= 0.6 is 0 Å². The van der Waals surface area contributed by atoms with Crippen LogP contribution in [-0.4, -0.2) is 9.55 Å². The molecule has 0 radical (unpaired) electrons. The number of allylic oxidation sites excluding steroid dienone is 1. The van der Waals surface area contributed by atoms with Gasteiger partial charge in [-0.25, -0.2) is 4.79 Å². The molecule has 1 aromatic heterocycles. The summed E-state index contributed by atoms with van der Waals surface area (Å²) in [5, 5.41) is 0. The van der Waals surface area contributed by atoms with Crippen LogP contribution in [-0.2, 0) is 0 Å². The SMILES string of the molecule is C=CC(c1ccccc1C)n1cc(F)c(=O)[nH]c1=O. The lowest BCUT2D eigenvalue weighted by atomic mass is 10.0. The molecule has 1 aromatic carbocycles. The van der Waals surface area contributed by atoms with Gasteiger partial charge < -0.3 is 0 Å². The van der Waals surface area contributed by atoms with Gasteiger partial charge in [0.05, 0.1) is 12.2 Å². The van der Waals surface area contributed by atoms with Crippen molar-refractivity contribution in [2.24, 2.45) is 0 Å². The minimum atomic E-state index is -1.02. The molecule has 0 aliphatic rings. The molecular formula is C14H13FN2O2. The lowest BCUT2D eigenvalue weighted by Crippen LogP contribution is -2.33. The fraction of sp³-hybridized carbons (Fsp3) is 0.143. The van der Waals surface area contributed by atoms with Crippen molar-refractivity contribution < 1.29 is 4.39 Å². The van der Waals surface area contributed by atoms with Gasteiger partial charge in [0.2, 0.25) is 5.82 Å². The minimum Gasteiger partial charge on any atom is -0.287 e. The molecule has 0 saturated heterocycles. The van der Waals surface area contributed by atoms with Crippen LogP contribution in [0.15, 0.2) is 52.7 Å². The van der Waals surface area contributed by atoms with Crippen molar-refractivity contribution in [1.29, 1.82) is 0 Å². The number of rotatable bonds is 3. The van der Waals surface area contributed by atoms with Gasteiger partial charge in [-0.05, 0) is 18.1 Å². The van der Waals surface area contributed by atoms with E-state index in [-0.39, 0.29) is 0 Å². The Kier molecular flexibility index (Phi) is 3.46. The largest absolute Gasteiger partial charge is 0.329 e. The summed E-state index contributed by atoms with van der Waals surface area (Å²) < 4.78 is 14.5. The lowest BCUT2D eigenvalue weighted by Gasteiger charge is -2.17. The first-order chi connectivity index (χ1) is 9.04. The standard InChI is InChI=1S/C14H13FN2O2/c1-3-12(10-7-5-4-6-9(10)2)17-8-11(15)13(18)16-14(17)19/h3-8,12H,1H2,2H3,(H,16,18,19). The molecule has 0 fully saturated rings. The Balaban J connectivity index is 2.65. The zero-order chi connectivity index (χ0) is 14.0. The van der Waals surface area contributed by atoms with Crippen molar-refractivity contribution >= 4 is 0 Å². The van der Waals surface area contributed by atoms with Crippen LogP contribution in [0.2, 0.25) is 0 Å². The normalized spacial score (nSPS) is 12.1. The number of aromatic amines is 1. The number of halogens is 1. The van der Waals surface area contributed by atoms with E-state index in [1.807, 2.05) is 36.2 Å². The lowest BCUT2D eigenvalue weighted by molar-refractivity contribution is 0.547. The molecule has 5 heteroatoms. The molecule has 0 aliphatic heterocycles. The third kappa shape index (κ3) is 2.40. The summed E-state index contributed by atoms with van der Waals surface area (Å²) in [7, 11) is 0. The third-order valence-corrected chi connectivity index (χ3v) is 2.95. The summed E-state index contributed by atoms with van der Waals surface area (Å²) in [6, 6.07) is 6.89. The number of hydrogen-bond donors (Lipinski definition) is 1. The number of benzene rings is 1. The van der Waals surface area contributed by atoms with E-state index in [1.165, 1.54) is 6.08 Å². The quantitative estimate of drug-likeness (QED) is 0.855. The smallest absolute Gasteiger partial charge is 0.287 e. The number of aryl methyl sites for hydroxylation is 1. The average Bonchev–Trinajstić information content (AvgIpc) is 2.38. The molecule has 1 heterocycles. The van der Waals surface area contributed by atoms with Crippen LogP contribution in [0.1, 0.15) is 17.2 Å². The molecule has 0 spiro atoms. The van der Waals surface area contributed by atoms with Crippen molar-refractivity contribution in [3.05, 3.63) is 80.9 Å². The Labute approximate surface area is 108 Å². The molecule has 0 bridgehead atoms. The van der Waals surface area contributed by atoms with Gasteiger partial charge in [0.25, 0.3) is 5.56 Å². The van der Waals surface area contributed by atoms with E-state index >= 15 is 0 Å². The zero-order valence-electron chi connectivity index (χ0n) is 10.4. The van der Waals surface area contributed by atoms with Crippen LogP contribution in [0.25, 0.3) is 0 Å². The third-order valence-electron chi connectivity index (χ3n) is 2.95. The molecule has 1 atom stereocenters. The van der Waals surface area contributed by atoms with E-state index in [0.717, 1.165) is 21.9 Å². The fourth-order valence-corrected chi connectivity index (χ4v) is 1.98. The van der Waals surface area contributed by atoms with Gasteiger partial charge in [-0.15, -0.1) is 6.58 Å². The van der Waals surface area contributed by atoms with Crippen molar-refractivity contribution in [3.8, 4) is 0 Å². The Morgan fingerprint density at radius 3 is 2.68 bits per heavy atom. The topological polar surface area (TPSA) is 54.9 Å². The predicted octanol–water partition coefficient (Wildman–Crippen LogP) is 1.76. The summed E-state index contributed by atoms with van der Waals surface area (Å²) >= 11 is 0. The van der Waals surface area contributed by atoms with Gasteiger partial charge in [0.15, 0.2) is 0 Å². The second-order valence-electron chi connectivity index (χ2n) is 4.18. The molecule has 0 amide bonds. The molecule has 19 heavy (non-hydrogen) atoms. The van der Waals surface area contributed by atoms with Crippen LogP contribution in [0.3, 0.4) is 0 Å². The Bertz CT molecular complexity index is 731. The van der Waals surface area contributed by atoms with Crippen LogP contribution in [0, 0.1) is 12.7 Å². The predicted molar refractivity (Wildman–Crippen MR) is 70.8 cm³/mol. The van der Waals surface area contributed by atoms with Gasteiger partial charge in [-0.3, -0.25) is 14.3 Å². The van der Waals surface area contributed by atoms with E-state index < -0.39 is 23.1 Å². The maximum Gasteiger partial charge on any atom is 0.329 e.